The van der Waals surface area contributed by atoms with Crippen LogP contribution in [0, 0.1) is 11.8 Å². The van der Waals surface area contributed by atoms with Crippen LogP contribution in [-0.4, -0.2) is 96.8 Å². The molecule has 1 aromatic rings. The Morgan fingerprint density at radius 3 is 2.43 bits per heavy atom. The second kappa shape index (κ2) is 9.95. The average molecular weight is 509 g/mol. The molecule has 1 spiro atoms. The summed E-state index contributed by atoms with van der Waals surface area (Å²) in [5.41, 5.74) is 0.577. The van der Waals surface area contributed by atoms with Gasteiger partial charge in [0.2, 0.25) is 11.8 Å². The van der Waals surface area contributed by atoms with Gasteiger partial charge in [0.15, 0.2) is 0 Å². The van der Waals surface area contributed by atoms with Crippen molar-refractivity contribution >= 4 is 29.1 Å². The van der Waals surface area contributed by atoms with Crippen molar-refractivity contribution in [1.29, 1.82) is 0 Å². The fourth-order valence-corrected chi connectivity index (χ4v) is 6.41. The molecule has 1 aromatic carbocycles. The van der Waals surface area contributed by atoms with E-state index >= 15 is 0 Å². The van der Waals surface area contributed by atoms with Crippen molar-refractivity contribution in [3.05, 3.63) is 48.6 Å². The number of hydrogen-bond donors (Lipinski definition) is 1. The van der Waals surface area contributed by atoms with Crippen LogP contribution in [0.5, 0.6) is 0 Å². The average Bonchev–Trinajstić information content (AvgIpc) is 3.22. The summed E-state index contributed by atoms with van der Waals surface area (Å²) >= 11 is 0. The molecule has 9 nitrogen and oxygen atoms in total. The summed E-state index contributed by atoms with van der Waals surface area (Å²) in [5, 5.41) is 9.52. The van der Waals surface area contributed by atoms with E-state index in [0.717, 1.165) is 24.5 Å². The number of likely N-dealkylation sites (tertiary alicyclic amines) is 1. The number of benzene rings is 1. The van der Waals surface area contributed by atoms with E-state index in [9.17, 15) is 19.5 Å². The zero-order valence-corrected chi connectivity index (χ0v) is 21.7. The molecule has 5 rings (SSSR count). The Morgan fingerprint density at radius 2 is 1.76 bits per heavy atom. The number of rotatable bonds is 7. The smallest absolute Gasteiger partial charge is 0.253 e. The van der Waals surface area contributed by atoms with Crippen LogP contribution in [0.3, 0.4) is 0 Å². The minimum absolute atomic E-state index is 0.105. The van der Waals surface area contributed by atoms with E-state index in [1.54, 1.807) is 16.8 Å². The van der Waals surface area contributed by atoms with Gasteiger partial charge in [-0.2, -0.15) is 0 Å². The number of amides is 3. The largest absolute Gasteiger partial charge is 0.396 e. The molecule has 4 aliphatic rings. The van der Waals surface area contributed by atoms with Crippen molar-refractivity contribution in [2.24, 2.45) is 11.8 Å². The zero-order valence-electron chi connectivity index (χ0n) is 21.7. The summed E-state index contributed by atoms with van der Waals surface area (Å²) in [4.78, 5) is 48.6. The molecule has 2 saturated heterocycles. The molecule has 2 fully saturated rings. The summed E-state index contributed by atoms with van der Waals surface area (Å²) in [6.07, 6.45) is 7.23. The molecule has 4 aliphatic heterocycles. The van der Waals surface area contributed by atoms with Crippen LogP contribution in [0.4, 0.5) is 11.4 Å². The fourth-order valence-electron chi connectivity index (χ4n) is 6.41. The second-order valence-electron chi connectivity index (χ2n) is 10.1. The molecule has 1 N–H and O–H groups in total. The highest BCUT2D eigenvalue weighted by Crippen LogP contribution is 2.53. The predicted octanol–water partition coefficient (Wildman–Crippen LogP) is 1.43. The van der Waals surface area contributed by atoms with Gasteiger partial charge in [-0.15, -0.1) is 0 Å². The number of likely N-dealkylation sites (N-methyl/N-ethyl adjacent to an activating group) is 1. The first-order chi connectivity index (χ1) is 17.9. The first-order valence-corrected chi connectivity index (χ1v) is 13.2. The summed E-state index contributed by atoms with van der Waals surface area (Å²) in [5.74, 6) is -2.16. The number of nitrogens with zero attached hydrogens (tertiary/aromatic N) is 4. The van der Waals surface area contributed by atoms with Gasteiger partial charge in [0.1, 0.15) is 11.6 Å². The number of aliphatic hydroxyl groups excluding tert-OH is 1. The molecule has 0 aliphatic carbocycles. The third kappa shape index (κ3) is 3.95. The van der Waals surface area contributed by atoms with Crippen LogP contribution >= 0.6 is 0 Å². The topological polar surface area (TPSA) is 93.6 Å². The Labute approximate surface area is 217 Å². The lowest BCUT2D eigenvalue weighted by Crippen LogP contribution is -2.55. The number of anilines is 2. The van der Waals surface area contributed by atoms with E-state index in [-0.39, 0.29) is 30.9 Å². The number of carbonyl (C=O) groups excluding carboxylic acids is 3. The van der Waals surface area contributed by atoms with Crippen LogP contribution in [-0.2, 0) is 19.1 Å². The van der Waals surface area contributed by atoms with Crippen molar-refractivity contribution in [2.75, 3.05) is 56.2 Å². The van der Waals surface area contributed by atoms with E-state index in [0.29, 0.717) is 19.5 Å². The number of carbonyl (C=O) groups is 3. The number of aliphatic hydroxyl groups is 1. The molecule has 3 amide bonds. The number of hydrogen-bond acceptors (Lipinski definition) is 6. The third-order valence-electron chi connectivity index (χ3n) is 8.21. The minimum atomic E-state index is -1.24. The van der Waals surface area contributed by atoms with Gasteiger partial charge in [0.25, 0.3) is 5.91 Å². The Kier molecular flexibility index (Phi) is 6.85. The third-order valence-corrected chi connectivity index (χ3v) is 8.21. The molecule has 198 valence electrons. The van der Waals surface area contributed by atoms with Crippen molar-refractivity contribution in [3.63, 3.8) is 0 Å². The molecule has 0 saturated carbocycles. The van der Waals surface area contributed by atoms with Crippen LogP contribution in [0.2, 0.25) is 0 Å². The van der Waals surface area contributed by atoms with Crippen molar-refractivity contribution in [3.8, 4) is 0 Å². The van der Waals surface area contributed by atoms with E-state index in [4.69, 9.17) is 4.74 Å². The quantitative estimate of drug-likeness (QED) is 0.560. The molecule has 1 unspecified atom stereocenters. The van der Waals surface area contributed by atoms with Crippen molar-refractivity contribution in [2.45, 2.75) is 38.0 Å². The Hall–Kier alpha value is -3.17. The standard InChI is InChI=1S/C28H36N4O5/c1-4-30(5-2)19-10-12-20(13-11-19)31-16-7-14-28-23(22-21(37-28)9-6-15-29(3)25(22)34)26(35)32(17-8-18-33)24(28)27(31)36/h6-7,9-14,21-24,33H,4-5,8,15-18H2,1-3H3/t21-,22+,23+,24?,28+/m1/s1. The van der Waals surface area contributed by atoms with Crippen LogP contribution in [0.15, 0.2) is 48.6 Å². The highest BCUT2D eigenvalue weighted by molar-refractivity contribution is 6.05. The van der Waals surface area contributed by atoms with E-state index in [1.165, 1.54) is 4.90 Å². The summed E-state index contributed by atoms with van der Waals surface area (Å²) < 4.78 is 6.57. The normalized spacial score (nSPS) is 30.8. The predicted molar refractivity (Wildman–Crippen MR) is 140 cm³/mol. The lowest BCUT2D eigenvalue weighted by Gasteiger charge is -2.35. The lowest BCUT2D eigenvalue weighted by atomic mass is 9.77. The summed E-state index contributed by atoms with van der Waals surface area (Å²) in [7, 11) is 1.72. The van der Waals surface area contributed by atoms with Gasteiger partial charge in [0.05, 0.1) is 17.9 Å². The monoisotopic (exact) mass is 508 g/mol. The van der Waals surface area contributed by atoms with Gasteiger partial charge in [0, 0.05) is 57.8 Å². The van der Waals surface area contributed by atoms with E-state index < -0.39 is 29.6 Å². The maximum atomic E-state index is 14.3. The fraction of sp³-hybridized carbons (Fsp3) is 0.536. The van der Waals surface area contributed by atoms with Gasteiger partial charge < -0.3 is 29.4 Å². The van der Waals surface area contributed by atoms with Gasteiger partial charge in [-0.1, -0.05) is 24.3 Å². The van der Waals surface area contributed by atoms with Gasteiger partial charge >= 0.3 is 0 Å². The van der Waals surface area contributed by atoms with Crippen LogP contribution in [0.1, 0.15) is 20.3 Å². The molecule has 0 aromatic heterocycles. The van der Waals surface area contributed by atoms with Crippen LogP contribution in [0.25, 0.3) is 0 Å². The molecule has 0 bridgehead atoms. The molecule has 5 atom stereocenters. The summed E-state index contributed by atoms with van der Waals surface area (Å²) in [6, 6.07) is 6.97. The van der Waals surface area contributed by atoms with E-state index in [2.05, 4.69) is 18.7 Å². The Balaban J connectivity index is 1.54. The van der Waals surface area contributed by atoms with Gasteiger partial charge in [-0.05, 0) is 44.5 Å². The SMILES string of the molecule is CCN(CC)c1ccc(N2CC=C[C@]34O[C@@H]5C=CCN(C)C(=O)[C@@H]5[C@H]3C(=O)N(CCCO)C4C2=O)cc1. The highest BCUT2D eigenvalue weighted by atomic mass is 16.5. The number of fused-ring (bicyclic) bond motifs is 2. The minimum Gasteiger partial charge on any atom is -0.396 e. The van der Waals surface area contributed by atoms with E-state index in [1.807, 2.05) is 48.6 Å². The second-order valence-corrected chi connectivity index (χ2v) is 10.1. The zero-order chi connectivity index (χ0) is 26.3. The first-order valence-electron chi connectivity index (χ1n) is 13.2. The van der Waals surface area contributed by atoms with Crippen molar-refractivity contribution in [1.82, 2.24) is 9.80 Å². The maximum Gasteiger partial charge on any atom is 0.253 e. The molecule has 4 heterocycles. The molecule has 9 heteroatoms. The number of ether oxygens (including phenoxy) is 1. The molecular weight excluding hydrogens is 472 g/mol. The van der Waals surface area contributed by atoms with Gasteiger partial charge in [-0.25, -0.2) is 0 Å². The highest BCUT2D eigenvalue weighted by Gasteiger charge is 2.71. The molecular formula is C28H36N4O5. The van der Waals surface area contributed by atoms with Crippen LogP contribution < -0.4 is 9.80 Å². The molecule has 0 radical (unpaired) electrons. The van der Waals surface area contributed by atoms with Gasteiger partial charge in [-0.3, -0.25) is 14.4 Å². The summed E-state index contributed by atoms with van der Waals surface area (Å²) in [6.45, 7) is 6.87. The Morgan fingerprint density at radius 1 is 1.03 bits per heavy atom. The molecule has 37 heavy (non-hydrogen) atoms. The Bertz CT molecular complexity index is 1110. The first kappa shape index (κ1) is 25.5. The van der Waals surface area contributed by atoms with Crippen molar-refractivity contribution < 1.29 is 24.2 Å². The maximum absolute atomic E-state index is 14.3. The lowest BCUT2D eigenvalue weighted by molar-refractivity contribution is -0.143.